The molecule has 0 saturated carbocycles. The fourth-order valence-electron chi connectivity index (χ4n) is 1.85. The summed E-state index contributed by atoms with van der Waals surface area (Å²) in [6, 6.07) is 12.9. The predicted octanol–water partition coefficient (Wildman–Crippen LogP) is 4.41. The van der Waals surface area contributed by atoms with Crippen molar-refractivity contribution >= 4 is 11.6 Å². The Bertz CT molecular complexity index is 662. The second kappa shape index (κ2) is 6.31. The van der Waals surface area contributed by atoms with Crippen molar-refractivity contribution in [1.82, 2.24) is 0 Å². The fraction of sp³-hybridized carbons (Fsp3) is 0.188. The highest BCUT2D eigenvalue weighted by atomic mass is 35.5. The average Bonchev–Trinajstić information content (AvgIpc) is 2.48. The lowest BCUT2D eigenvalue weighted by atomic mass is 10.1. The first-order valence-electron chi connectivity index (χ1n) is 6.09. The van der Waals surface area contributed by atoms with E-state index in [1.807, 2.05) is 25.1 Å². The smallest absolute Gasteiger partial charge is 0.132 e. The first-order chi connectivity index (χ1) is 9.66. The van der Waals surface area contributed by atoms with Gasteiger partial charge >= 0.3 is 0 Å². The third kappa shape index (κ3) is 3.23. The summed E-state index contributed by atoms with van der Waals surface area (Å²) in [7, 11) is 1.55. The quantitative estimate of drug-likeness (QED) is 0.782. The molecule has 102 valence electrons. The molecule has 0 unspecified atom stereocenters. The van der Waals surface area contributed by atoms with Crippen LogP contribution in [0.15, 0.2) is 36.4 Å². The van der Waals surface area contributed by atoms with E-state index in [0.717, 1.165) is 11.1 Å². The Kier molecular flexibility index (Phi) is 4.49. The molecule has 0 N–H and O–H groups in total. The first-order valence-corrected chi connectivity index (χ1v) is 6.62. The number of nitriles is 1. The molecule has 0 aliphatic heterocycles. The Morgan fingerprint density at radius 2 is 1.90 bits per heavy atom. The molecule has 0 spiro atoms. The van der Waals surface area contributed by atoms with E-state index >= 15 is 0 Å². The molecule has 0 amide bonds. The summed E-state index contributed by atoms with van der Waals surface area (Å²) in [5, 5.41) is 9.00. The SMILES string of the molecule is COc1cc(C#N)cc(Oc2ccc(C)cc2CCl)c1. The van der Waals surface area contributed by atoms with Gasteiger partial charge in [-0.25, -0.2) is 0 Å². The Labute approximate surface area is 123 Å². The van der Waals surface area contributed by atoms with Crippen LogP contribution in [-0.4, -0.2) is 7.11 Å². The summed E-state index contributed by atoms with van der Waals surface area (Å²) in [5.74, 6) is 2.18. The highest BCUT2D eigenvalue weighted by Gasteiger charge is 2.07. The second-order valence-corrected chi connectivity index (χ2v) is 4.62. The lowest BCUT2D eigenvalue weighted by Gasteiger charge is -2.11. The van der Waals surface area contributed by atoms with Crippen LogP contribution in [-0.2, 0) is 5.88 Å². The van der Waals surface area contributed by atoms with Crippen molar-refractivity contribution in [1.29, 1.82) is 5.26 Å². The number of halogens is 1. The molecule has 2 rings (SSSR count). The Morgan fingerprint density at radius 3 is 2.55 bits per heavy atom. The van der Waals surface area contributed by atoms with E-state index in [1.165, 1.54) is 0 Å². The van der Waals surface area contributed by atoms with Crippen molar-refractivity contribution < 1.29 is 9.47 Å². The monoisotopic (exact) mass is 287 g/mol. The summed E-state index contributed by atoms with van der Waals surface area (Å²) in [6.07, 6.45) is 0. The number of ether oxygens (including phenoxy) is 2. The van der Waals surface area contributed by atoms with Crippen LogP contribution in [0.4, 0.5) is 0 Å². The van der Waals surface area contributed by atoms with Crippen LogP contribution in [0.5, 0.6) is 17.2 Å². The number of benzene rings is 2. The van der Waals surface area contributed by atoms with Gasteiger partial charge in [-0.1, -0.05) is 17.7 Å². The van der Waals surface area contributed by atoms with Gasteiger partial charge in [0, 0.05) is 11.6 Å². The number of hydrogen-bond donors (Lipinski definition) is 0. The molecule has 0 aliphatic carbocycles. The number of hydrogen-bond acceptors (Lipinski definition) is 3. The molecule has 0 bridgehead atoms. The molecule has 0 saturated heterocycles. The van der Waals surface area contributed by atoms with Gasteiger partial charge in [0.2, 0.25) is 0 Å². The molecule has 3 nitrogen and oxygen atoms in total. The summed E-state index contributed by atoms with van der Waals surface area (Å²) in [5.41, 5.74) is 2.52. The zero-order chi connectivity index (χ0) is 14.5. The van der Waals surface area contributed by atoms with Gasteiger partial charge in [0.1, 0.15) is 17.2 Å². The van der Waals surface area contributed by atoms with Crippen LogP contribution in [0.2, 0.25) is 0 Å². The summed E-state index contributed by atoms with van der Waals surface area (Å²) in [4.78, 5) is 0. The van der Waals surface area contributed by atoms with E-state index in [9.17, 15) is 0 Å². The maximum absolute atomic E-state index is 9.00. The van der Waals surface area contributed by atoms with Gasteiger partial charge in [-0.3, -0.25) is 0 Å². The number of alkyl halides is 1. The summed E-state index contributed by atoms with van der Waals surface area (Å²) in [6.45, 7) is 2.00. The van der Waals surface area contributed by atoms with Crippen LogP contribution < -0.4 is 9.47 Å². The molecule has 4 heteroatoms. The van der Waals surface area contributed by atoms with Crippen LogP contribution in [0, 0.1) is 18.3 Å². The van der Waals surface area contributed by atoms with Crippen LogP contribution in [0.3, 0.4) is 0 Å². The topological polar surface area (TPSA) is 42.2 Å². The van der Waals surface area contributed by atoms with Crippen LogP contribution in [0.25, 0.3) is 0 Å². The molecule has 0 fully saturated rings. The Morgan fingerprint density at radius 1 is 1.15 bits per heavy atom. The van der Waals surface area contributed by atoms with E-state index in [1.54, 1.807) is 25.3 Å². The highest BCUT2D eigenvalue weighted by Crippen LogP contribution is 2.30. The average molecular weight is 288 g/mol. The minimum atomic E-state index is 0.367. The van der Waals surface area contributed by atoms with E-state index in [2.05, 4.69) is 6.07 Å². The van der Waals surface area contributed by atoms with E-state index in [4.69, 9.17) is 26.3 Å². The standard InChI is InChI=1S/C16H14ClNO2/c1-11-3-4-16(13(5-11)9-17)20-15-7-12(10-18)6-14(8-15)19-2/h3-8H,9H2,1-2H3. The summed E-state index contributed by atoms with van der Waals surface area (Å²) >= 11 is 5.93. The van der Waals surface area contributed by atoms with Crippen molar-refractivity contribution in [2.75, 3.05) is 7.11 Å². The number of rotatable bonds is 4. The van der Waals surface area contributed by atoms with E-state index in [0.29, 0.717) is 28.7 Å². The first kappa shape index (κ1) is 14.2. The third-order valence-electron chi connectivity index (χ3n) is 2.83. The number of aryl methyl sites for hydroxylation is 1. The molecule has 20 heavy (non-hydrogen) atoms. The molecule has 2 aromatic carbocycles. The van der Waals surface area contributed by atoms with Gasteiger partial charge in [0.05, 0.1) is 24.6 Å². The minimum Gasteiger partial charge on any atom is -0.497 e. The Balaban J connectivity index is 2.37. The van der Waals surface area contributed by atoms with Crippen LogP contribution >= 0.6 is 11.6 Å². The lowest BCUT2D eigenvalue weighted by molar-refractivity contribution is 0.408. The van der Waals surface area contributed by atoms with Crippen molar-refractivity contribution in [3.63, 3.8) is 0 Å². The van der Waals surface area contributed by atoms with Crippen LogP contribution in [0.1, 0.15) is 16.7 Å². The maximum atomic E-state index is 9.00. The molecular formula is C16H14ClNO2. The van der Waals surface area contributed by atoms with Gasteiger partial charge in [0.15, 0.2) is 0 Å². The minimum absolute atomic E-state index is 0.367. The lowest BCUT2D eigenvalue weighted by Crippen LogP contribution is -1.92. The zero-order valence-corrected chi connectivity index (χ0v) is 12.1. The van der Waals surface area contributed by atoms with Crippen molar-refractivity contribution in [2.24, 2.45) is 0 Å². The fourth-order valence-corrected chi connectivity index (χ4v) is 2.06. The van der Waals surface area contributed by atoms with Crippen molar-refractivity contribution in [3.8, 4) is 23.3 Å². The summed E-state index contributed by atoms with van der Waals surface area (Å²) < 4.78 is 11.0. The predicted molar refractivity (Wildman–Crippen MR) is 78.5 cm³/mol. The highest BCUT2D eigenvalue weighted by molar-refractivity contribution is 6.17. The van der Waals surface area contributed by atoms with Gasteiger partial charge in [-0.2, -0.15) is 5.26 Å². The normalized spacial score (nSPS) is 9.90. The maximum Gasteiger partial charge on any atom is 0.132 e. The Hall–Kier alpha value is -2.18. The molecular weight excluding hydrogens is 274 g/mol. The molecule has 0 aliphatic rings. The number of nitrogens with zero attached hydrogens (tertiary/aromatic N) is 1. The van der Waals surface area contributed by atoms with Gasteiger partial charge in [0.25, 0.3) is 0 Å². The number of methoxy groups -OCH3 is 1. The largest absolute Gasteiger partial charge is 0.497 e. The van der Waals surface area contributed by atoms with Crippen molar-refractivity contribution in [2.45, 2.75) is 12.8 Å². The van der Waals surface area contributed by atoms with Gasteiger partial charge < -0.3 is 9.47 Å². The zero-order valence-electron chi connectivity index (χ0n) is 11.3. The van der Waals surface area contributed by atoms with E-state index in [-0.39, 0.29) is 0 Å². The van der Waals surface area contributed by atoms with Crippen molar-refractivity contribution in [3.05, 3.63) is 53.1 Å². The molecule has 0 aromatic heterocycles. The molecule has 2 aromatic rings. The molecule has 0 heterocycles. The third-order valence-corrected chi connectivity index (χ3v) is 3.12. The molecule has 0 atom stereocenters. The molecule has 0 radical (unpaired) electrons. The second-order valence-electron chi connectivity index (χ2n) is 4.36. The van der Waals surface area contributed by atoms with E-state index < -0.39 is 0 Å². The van der Waals surface area contributed by atoms with Gasteiger partial charge in [-0.05, 0) is 25.1 Å². The van der Waals surface area contributed by atoms with Gasteiger partial charge in [-0.15, -0.1) is 11.6 Å².